The topological polar surface area (TPSA) is 26.3 Å². The van der Waals surface area contributed by atoms with Crippen LogP contribution in [0.3, 0.4) is 0 Å². The molecule has 15 heavy (non-hydrogen) atoms. The average Bonchev–Trinajstić information content (AvgIpc) is 2.53. The molecule has 2 nitrogen and oxygen atoms in total. The molecular weight excluding hydrogens is 188 g/mol. The Morgan fingerprint density at radius 1 is 1.53 bits per heavy atom. The maximum Gasteiger partial charge on any atom is 0.313 e. The molecule has 2 atom stereocenters. The Balaban J connectivity index is 2.21. The molecule has 2 unspecified atom stereocenters. The third-order valence-corrected chi connectivity index (χ3v) is 3.31. The van der Waals surface area contributed by atoms with Crippen LogP contribution in [0.15, 0.2) is 23.3 Å². The van der Waals surface area contributed by atoms with E-state index in [1.165, 1.54) is 11.1 Å². The van der Waals surface area contributed by atoms with Gasteiger partial charge in [0, 0.05) is 5.92 Å². The van der Waals surface area contributed by atoms with Gasteiger partial charge in [0.1, 0.15) is 0 Å². The Hall–Kier alpha value is -1.05. The third kappa shape index (κ3) is 1.85. The van der Waals surface area contributed by atoms with E-state index in [1.807, 2.05) is 6.08 Å². The van der Waals surface area contributed by atoms with Crippen LogP contribution in [0.2, 0.25) is 0 Å². The Bertz CT molecular complexity index is 336. The summed E-state index contributed by atoms with van der Waals surface area (Å²) >= 11 is 0. The van der Waals surface area contributed by atoms with Crippen LogP contribution in [0.1, 0.15) is 27.2 Å². The smallest absolute Gasteiger partial charge is 0.313 e. The summed E-state index contributed by atoms with van der Waals surface area (Å²) in [5, 5.41) is 0. The normalized spacial score (nSPS) is 29.7. The summed E-state index contributed by atoms with van der Waals surface area (Å²) in [6.07, 6.45) is 5.23. The van der Waals surface area contributed by atoms with Crippen LogP contribution in [-0.4, -0.2) is 12.6 Å². The van der Waals surface area contributed by atoms with Crippen LogP contribution in [0, 0.1) is 17.8 Å². The average molecular weight is 206 g/mol. The molecule has 0 saturated carbocycles. The van der Waals surface area contributed by atoms with E-state index in [2.05, 4.69) is 26.8 Å². The second-order valence-corrected chi connectivity index (χ2v) is 4.93. The number of rotatable bonds is 2. The Kier molecular flexibility index (Phi) is 2.68. The number of hydrogen-bond acceptors (Lipinski definition) is 2. The van der Waals surface area contributed by atoms with E-state index in [1.54, 1.807) is 0 Å². The minimum Gasteiger partial charge on any atom is -0.465 e. The Labute approximate surface area is 91.0 Å². The highest BCUT2D eigenvalue weighted by Gasteiger charge is 2.38. The van der Waals surface area contributed by atoms with Crippen molar-refractivity contribution in [1.29, 1.82) is 0 Å². The SMILES string of the molecule is CC1=C(CC(C)C)C=CC2C(=O)OCC12. The van der Waals surface area contributed by atoms with Crippen molar-refractivity contribution in [2.24, 2.45) is 17.8 Å². The first-order valence-electron chi connectivity index (χ1n) is 5.64. The number of esters is 1. The Morgan fingerprint density at radius 2 is 2.27 bits per heavy atom. The van der Waals surface area contributed by atoms with Crippen molar-refractivity contribution in [3.63, 3.8) is 0 Å². The second kappa shape index (κ2) is 3.84. The third-order valence-electron chi connectivity index (χ3n) is 3.31. The lowest BCUT2D eigenvalue weighted by Crippen LogP contribution is -2.19. The highest BCUT2D eigenvalue weighted by Crippen LogP contribution is 2.36. The molecule has 0 bridgehead atoms. The van der Waals surface area contributed by atoms with Crippen LogP contribution >= 0.6 is 0 Å². The molecule has 0 spiro atoms. The van der Waals surface area contributed by atoms with Crippen molar-refractivity contribution in [1.82, 2.24) is 0 Å². The molecule has 0 N–H and O–H groups in total. The van der Waals surface area contributed by atoms with Crippen molar-refractivity contribution in [3.05, 3.63) is 23.3 Å². The van der Waals surface area contributed by atoms with Gasteiger partial charge < -0.3 is 4.74 Å². The molecule has 0 aromatic heterocycles. The second-order valence-electron chi connectivity index (χ2n) is 4.93. The summed E-state index contributed by atoms with van der Waals surface area (Å²) in [7, 11) is 0. The first-order valence-corrected chi connectivity index (χ1v) is 5.64. The maximum absolute atomic E-state index is 11.4. The zero-order valence-corrected chi connectivity index (χ0v) is 9.62. The molecule has 0 aromatic rings. The molecule has 1 saturated heterocycles. The molecule has 1 aliphatic heterocycles. The fraction of sp³-hybridized carbons (Fsp3) is 0.615. The Morgan fingerprint density at radius 3 is 2.93 bits per heavy atom. The molecule has 1 fully saturated rings. The van der Waals surface area contributed by atoms with E-state index < -0.39 is 0 Å². The number of cyclic esters (lactones) is 1. The van der Waals surface area contributed by atoms with Crippen LogP contribution in [0.5, 0.6) is 0 Å². The molecule has 0 radical (unpaired) electrons. The highest BCUT2D eigenvalue weighted by molar-refractivity contribution is 5.78. The fourth-order valence-electron chi connectivity index (χ4n) is 2.40. The number of allylic oxidation sites excluding steroid dienone is 2. The lowest BCUT2D eigenvalue weighted by molar-refractivity contribution is -0.140. The molecule has 0 amide bonds. The van der Waals surface area contributed by atoms with Gasteiger partial charge in [0.15, 0.2) is 0 Å². The van der Waals surface area contributed by atoms with Gasteiger partial charge in [0.2, 0.25) is 0 Å². The summed E-state index contributed by atoms with van der Waals surface area (Å²) < 4.78 is 5.10. The quantitative estimate of drug-likeness (QED) is 0.649. The fourth-order valence-corrected chi connectivity index (χ4v) is 2.40. The predicted octanol–water partition coefficient (Wildman–Crippen LogP) is 2.71. The van der Waals surface area contributed by atoms with Crippen LogP contribution in [0.4, 0.5) is 0 Å². The molecule has 82 valence electrons. The van der Waals surface area contributed by atoms with Crippen molar-refractivity contribution in [2.75, 3.05) is 6.61 Å². The van der Waals surface area contributed by atoms with Crippen LogP contribution in [-0.2, 0) is 9.53 Å². The number of fused-ring (bicyclic) bond motifs is 1. The molecular formula is C13H18O2. The van der Waals surface area contributed by atoms with Crippen molar-refractivity contribution < 1.29 is 9.53 Å². The predicted molar refractivity (Wildman–Crippen MR) is 59.2 cm³/mol. The lowest BCUT2D eigenvalue weighted by Gasteiger charge is -2.22. The zero-order valence-electron chi connectivity index (χ0n) is 9.62. The molecule has 0 aromatic carbocycles. The molecule has 2 heteroatoms. The largest absolute Gasteiger partial charge is 0.465 e. The number of carbonyl (C=O) groups excluding carboxylic acids is 1. The summed E-state index contributed by atoms with van der Waals surface area (Å²) in [5.74, 6) is 0.894. The molecule has 2 rings (SSSR count). The standard InChI is InChI=1S/C13H18O2/c1-8(2)6-10-4-5-11-12(9(10)3)7-15-13(11)14/h4-5,8,11-12H,6-7H2,1-3H3. The summed E-state index contributed by atoms with van der Waals surface area (Å²) in [6, 6.07) is 0. The summed E-state index contributed by atoms with van der Waals surface area (Å²) in [4.78, 5) is 11.4. The minimum absolute atomic E-state index is 0.0130. The van der Waals surface area contributed by atoms with Gasteiger partial charge in [-0.25, -0.2) is 0 Å². The van der Waals surface area contributed by atoms with Crippen LogP contribution < -0.4 is 0 Å². The lowest BCUT2D eigenvalue weighted by atomic mass is 9.80. The van der Waals surface area contributed by atoms with E-state index in [0.29, 0.717) is 18.4 Å². The maximum atomic E-state index is 11.4. The first-order chi connectivity index (χ1) is 7.09. The first kappa shape index (κ1) is 10.5. The molecule has 1 heterocycles. The minimum atomic E-state index is -0.0563. The zero-order chi connectivity index (χ0) is 11.0. The van der Waals surface area contributed by atoms with E-state index in [4.69, 9.17) is 4.74 Å². The van der Waals surface area contributed by atoms with Gasteiger partial charge in [-0.3, -0.25) is 4.79 Å². The van der Waals surface area contributed by atoms with Gasteiger partial charge in [-0.2, -0.15) is 0 Å². The van der Waals surface area contributed by atoms with Crippen molar-refractivity contribution in [3.8, 4) is 0 Å². The van der Waals surface area contributed by atoms with Crippen LogP contribution in [0.25, 0.3) is 0 Å². The van der Waals surface area contributed by atoms with Gasteiger partial charge in [0.05, 0.1) is 12.5 Å². The van der Waals surface area contributed by atoms with Crippen molar-refractivity contribution >= 4 is 5.97 Å². The van der Waals surface area contributed by atoms with E-state index in [0.717, 1.165) is 6.42 Å². The molecule has 1 aliphatic carbocycles. The number of hydrogen-bond donors (Lipinski definition) is 0. The highest BCUT2D eigenvalue weighted by atomic mass is 16.5. The summed E-state index contributed by atoms with van der Waals surface area (Å²) in [5.41, 5.74) is 2.74. The van der Waals surface area contributed by atoms with Gasteiger partial charge in [-0.1, -0.05) is 31.6 Å². The van der Waals surface area contributed by atoms with Crippen molar-refractivity contribution in [2.45, 2.75) is 27.2 Å². The number of carbonyl (C=O) groups is 1. The van der Waals surface area contributed by atoms with Gasteiger partial charge >= 0.3 is 5.97 Å². The molecule has 2 aliphatic rings. The van der Waals surface area contributed by atoms with E-state index in [-0.39, 0.29) is 11.9 Å². The summed E-state index contributed by atoms with van der Waals surface area (Å²) in [6.45, 7) is 7.15. The monoisotopic (exact) mass is 206 g/mol. The van der Waals surface area contributed by atoms with E-state index in [9.17, 15) is 4.79 Å². The van der Waals surface area contributed by atoms with Gasteiger partial charge in [0.25, 0.3) is 0 Å². The van der Waals surface area contributed by atoms with Gasteiger partial charge in [-0.15, -0.1) is 0 Å². The van der Waals surface area contributed by atoms with E-state index >= 15 is 0 Å². The number of ether oxygens (including phenoxy) is 1. The van der Waals surface area contributed by atoms with Gasteiger partial charge in [-0.05, 0) is 24.8 Å².